The van der Waals surface area contributed by atoms with Crippen molar-refractivity contribution in [3.63, 3.8) is 0 Å². The summed E-state index contributed by atoms with van der Waals surface area (Å²) >= 11 is 11.0. The highest BCUT2D eigenvalue weighted by Gasteiger charge is 2.73. The van der Waals surface area contributed by atoms with Gasteiger partial charge in [-0.3, -0.25) is 8.98 Å². The van der Waals surface area contributed by atoms with E-state index in [4.69, 9.17) is 27.4 Å². The van der Waals surface area contributed by atoms with Gasteiger partial charge in [0.05, 0.1) is 10.8 Å². The molecule has 1 aliphatic rings. The normalized spacial score (nSPS) is 23.7. The van der Waals surface area contributed by atoms with Crippen LogP contribution in [0.3, 0.4) is 0 Å². The maximum atomic E-state index is 13.4. The fraction of sp³-hybridized carbons (Fsp3) is 0.562. The van der Waals surface area contributed by atoms with Crippen LogP contribution in [0.2, 0.25) is 0 Å². The number of alkyl halides is 5. The average Bonchev–Trinajstić information content (AvgIpc) is 3.06. The number of carboxylic acid groups (broad SMARTS) is 1. The highest BCUT2D eigenvalue weighted by atomic mass is 35.5. The molecule has 0 aliphatic heterocycles. The van der Waals surface area contributed by atoms with Crippen molar-refractivity contribution < 1.29 is 35.7 Å². The molecule has 1 aromatic rings. The zero-order valence-corrected chi connectivity index (χ0v) is 16.7. The SMILES string of the molecule is Cc1ccc(S(=O)(=O)OC(C2C(C(=O)O)C2(C)C)C(Cl)(Cl)C(F)(F)F)cc1. The molecule has 27 heavy (non-hydrogen) atoms. The van der Waals surface area contributed by atoms with Crippen molar-refractivity contribution >= 4 is 39.3 Å². The molecule has 152 valence electrons. The van der Waals surface area contributed by atoms with Gasteiger partial charge in [0.25, 0.3) is 10.1 Å². The van der Waals surface area contributed by atoms with E-state index in [2.05, 4.69) is 0 Å². The minimum absolute atomic E-state index is 0.394. The summed E-state index contributed by atoms with van der Waals surface area (Å²) in [5.41, 5.74) is -0.473. The van der Waals surface area contributed by atoms with Gasteiger partial charge in [-0.15, -0.1) is 0 Å². The quantitative estimate of drug-likeness (QED) is 0.521. The molecule has 0 radical (unpaired) electrons. The summed E-state index contributed by atoms with van der Waals surface area (Å²) in [6.07, 6.45) is -7.60. The Hall–Kier alpha value is -1.03. The molecule has 0 bridgehead atoms. The molecule has 1 fully saturated rings. The van der Waals surface area contributed by atoms with Crippen molar-refractivity contribution in [3.05, 3.63) is 29.8 Å². The zero-order chi connectivity index (χ0) is 21.0. The first kappa shape index (κ1) is 22.3. The van der Waals surface area contributed by atoms with Crippen molar-refractivity contribution in [1.29, 1.82) is 0 Å². The third-order valence-electron chi connectivity index (χ3n) is 4.78. The maximum absolute atomic E-state index is 13.4. The Labute approximate surface area is 164 Å². The van der Waals surface area contributed by atoms with Crippen LogP contribution in [-0.2, 0) is 19.1 Å². The van der Waals surface area contributed by atoms with E-state index in [1.807, 2.05) is 0 Å². The molecular formula is C16H17Cl2F3O5S. The topological polar surface area (TPSA) is 80.7 Å². The minimum Gasteiger partial charge on any atom is -0.481 e. The molecule has 5 nitrogen and oxygen atoms in total. The van der Waals surface area contributed by atoms with Crippen LogP contribution in [0.1, 0.15) is 19.4 Å². The average molecular weight is 449 g/mol. The third kappa shape index (κ3) is 4.06. The van der Waals surface area contributed by atoms with Gasteiger partial charge >= 0.3 is 12.1 Å². The first-order valence-corrected chi connectivity index (χ1v) is 9.87. The predicted molar refractivity (Wildman–Crippen MR) is 92.1 cm³/mol. The Kier molecular flexibility index (Phi) is 5.60. The van der Waals surface area contributed by atoms with E-state index in [9.17, 15) is 31.5 Å². The molecular weight excluding hydrogens is 432 g/mol. The second kappa shape index (κ2) is 6.79. The summed E-state index contributed by atoms with van der Waals surface area (Å²) in [4.78, 5) is 11.0. The Balaban J connectivity index is 2.49. The Morgan fingerprint density at radius 2 is 1.70 bits per heavy atom. The second-order valence-electron chi connectivity index (χ2n) is 7.07. The lowest BCUT2D eigenvalue weighted by atomic mass is 10.0. The molecule has 0 heterocycles. The number of benzene rings is 1. The van der Waals surface area contributed by atoms with Gasteiger partial charge in [-0.1, -0.05) is 54.7 Å². The maximum Gasteiger partial charge on any atom is 0.424 e. The largest absolute Gasteiger partial charge is 0.481 e. The van der Waals surface area contributed by atoms with Gasteiger partial charge in [-0.25, -0.2) is 0 Å². The predicted octanol–water partition coefficient (Wildman–Crippen LogP) is 4.16. The van der Waals surface area contributed by atoms with Gasteiger partial charge < -0.3 is 5.11 Å². The molecule has 0 amide bonds. The van der Waals surface area contributed by atoms with E-state index in [0.717, 1.165) is 17.7 Å². The highest BCUT2D eigenvalue weighted by molar-refractivity contribution is 7.86. The molecule has 3 unspecified atom stereocenters. The lowest BCUT2D eigenvalue weighted by Gasteiger charge is -2.32. The van der Waals surface area contributed by atoms with Crippen LogP contribution < -0.4 is 0 Å². The van der Waals surface area contributed by atoms with Crippen LogP contribution in [0.15, 0.2) is 29.2 Å². The lowest BCUT2D eigenvalue weighted by molar-refractivity contribution is -0.162. The molecule has 0 spiro atoms. The van der Waals surface area contributed by atoms with Crippen LogP contribution in [0.5, 0.6) is 0 Å². The van der Waals surface area contributed by atoms with Crippen LogP contribution in [-0.4, -0.2) is 36.1 Å². The van der Waals surface area contributed by atoms with E-state index >= 15 is 0 Å². The Bertz CT molecular complexity index is 835. The van der Waals surface area contributed by atoms with Crippen LogP contribution in [0.4, 0.5) is 13.2 Å². The van der Waals surface area contributed by atoms with Crippen molar-refractivity contribution in [1.82, 2.24) is 0 Å². The standard InChI is InChI=1S/C16H17Cl2F3O5S/c1-8-4-6-9(7-5-8)27(24,25)26-12(15(17,18)16(19,20)21)10-11(13(22)23)14(10,2)3/h4-7,10-12H,1-3H3,(H,22,23). The van der Waals surface area contributed by atoms with Gasteiger partial charge in [0.2, 0.25) is 4.33 Å². The van der Waals surface area contributed by atoms with Crippen molar-refractivity contribution in [2.24, 2.45) is 17.3 Å². The van der Waals surface area contributed by atoms with Gasteiger partial charge in [0, 0.05) is 5.92 Å². The number of carbonyl (C=O) groups is 1. The number of carboxylic acids is 1. The van der Waals surface area contributed by atoms with Crippen molar-refractivity contribution in [2.45, 2.75) is 42.3 Å². The minimum atomic E-state index is -5.26. The molecule has 0 saturated heterocycles. The lowest BCUT2D eigenvalue weighted by Crippen LogP contribution is -2.49. The summed E-state index contributed by atoms with van der Waals surface area (Å²) in [7, 11) is -4.69. The molecule has 0 aromatic heterocycles. The van der Waals surface area contributed by atoms with Gasteiger partial charge in [-0.05, 0) is 24.5 Å². The third-order valence-corrected chi connectivity index (χ3v) is 6.95. The summed E-state index contributed by atoms with van der Waals surface area (Å²) in [6, 6.07) is 5.19. The summed E-state index contributed by atoms with van der Waals surface area (Å²) in [6.45, 7) is 4.45. The molecule has 1 aliphatic carbocycles. The van der Waals surface area contributed by atoms with E-state index in [0.29, 0.717) is 0 Å². The summed E-state index contributed by atoms with van der Waals surface area (Å²) < 4.78 is 66.4. The number of rotatable bonds is 6. The highest BCUT2D eigenvalue weighted by Crippen LogP contribution is 2.65. The van der Waals surface area contributed by atoms with Crippen LogP contribution in [0.25, 0.3) is 0 Å². The first-order valence-electron chi connectivity index (χ1n) is 7.71. The van der Waals surface area contributed by atoms with E-state index in [1.165, 1.54) is 26.0 Å². The van der Waals surface area contributed by atoms with E-state index in [-0.39, 0.29) is 0 Å². The van der Waals surface area contributed by atoms with Gasteiger partial charge in [0.15, 0.2) is 0 Å². The second-order valence-corrected chi connectivity index (χ2v) is 10.0. The molecule has 1 saturated carbocycles. The Morgan fingerprint density at radius 1 is 1.22 bits per heavy atom. The summed E-state index contributed by atoms with van der Waals surface area (Å²) in [5, 5.41) is 9.25. The van der Waals surface area contributed by atoms with E-state index in [1.54, 1.807) is 6.92 Å². The molecule has 3 atom stereocenters. The van der Waals surface area contributed by atoms with Gasteiger partial charge in [0.1, 0.15) is 6.10 Å². The first-order chi connectivity index (χ1) is 12.0. The van der Waals surface area contributed by atoms with Crippen LogP contribution in [0, 0.1) is 24.2 Å². The number of aryl methyl sites for hydroxylation is 1. The van der Waals surface area contributed by atoms with E-state index < -0.39 is 54.8 Å². The monoisotopic (exact) mass is 448 g/mol. The number of hydrogen-bond acceptors (Lipinski definition) is 4. The summed E-state index contributed by atoms with van der Waals surface area (Å²) in [5.74, 6) is -4.06. The number of halogens is 5. The van der Waals surface area contributed by atoms with Crippen molar-refractivity contribution in [3.8, 4) is 0 Å². The van der Waals surface area contributed by atoms with Gasteiger partial charge in [-0.2, -0.15) is 21.6 Å². The molecule has 1 aromatic carbocycles. The number of hydrogen-bond donors (Lipinski definition) is 1. The molecule has 1 N–H and O–H groups in total. The Morgan fingerprint density at radius 3 is 2.07 bits per heavy atom. The fourth-order valence-electron chi connectivity index (χ4n) is 3.12. The fourth-order valence-corrected chi connectivity index (χ4v) is 4.70. The van der Waals surface area contributed by atoms with Crippen molar-refractivity contribution in [2.75, 3.05) is 0 Å². The number of aliphatic carboxylic acids is 1. The zero-order valence-electron chi connectivity index (χ0n) is 14.4. The molecule has 2 rings (SSSR count). The molecule has 11 heteroatoms. The van der Waals surface area contributed by atoms with Crippen LogP contribution >= 0.6 is 23.2 Å². The smallest absolute Gasteiger partial charge is 0.424 e.